The molecule has 3 aromatic rings. The number of hydrogen-bond acceptors (Lipinski definition) is 6. The lowest BCUT2D eigenvalue weighted by atomic mass is 10.4. The van der Waals surface area contributed by atoms with E-state index in [0.29, 0.717) is 15.8 Å². The van der Waals surface area contributed by atoms with Crippen molar-refractivity contribution in [3.63, 3.8) is 0 Å². The molecule has 3 aromatic heterocycles. The zero-order chi connectivity index (χ0) is 14.9. The topological polar surface area (TPSA) is 72.2 Å². The lowest BCUT2D eigenvalue weighted by Gasteiger charge is -2.01. The molecule has 0 atom stereocenters. The van der Waals surface area contributed by atoms with Gasteiger partial charge in [-0.3, -0.25) is 0 Å². The summed E-state index contributed by atoms with van der Waals surface area (Å²) in [5, 5.41) is 1.93. The summed E-state index contributed by atoms with van der Waals surface area (Å²) in [5.74, 6) is 0.506. The third kappa shape index (κ3) is 3.24. The second-order valence-electron chi connectivity index (χ2n) is 4.31. The highest BCUT2D eigenvalue weighted by Crippen LogP contribution is 2.24. The van der Waals surface area contributed by atoms with Crippen molar-refractivity contribution >= 4 is 32.7 Å². The second-order valence-corrected chi connectivity index (χ2v) is 8.54. The molecule has 0 aliphatic carbocycles. The number of thiophene rings is 2. The van der Waals surface area contributed by atoms with Crippen molar-refractivity contribution in [1.82, 2.24) is 9.71 Å². The number of sulfonamides is 1. The van der Waals surface area contributed by atoms with Gasteiger partial charge in [-0.1, -0.05) is 6.07 Å². The monoisotopic (exact) mass is 340 g/mol. The highest BCUT2D eigenvalue weighted by molar-refractivity contribution is 7.91. The summed E-state index contributed by atoms with van der Waals surface area (Å²) < 4.78 is 32.4. The van der Waals surface area contributed by atoms with Gasteiger partial charge in [0.1, 0.15) is 10.5 Å². The van der Waals surface area contributed by atoms with Crippen LogP contribution in [0.3, 0.4) is 0 Å². The van der Waals surface area contributed by atoms with Gasteiger partial charge in [0.15, 0.2) is 0 Å². The van der Waals surface area contributed by atoms with Crippen molar-refractivity contribution < 1.29 is 12.8 Å². The van der Waals surface area contributed by atoms with Crippen LogP contribution in [0.2, 0.25) is 0 Å². The van der Waals surface area contributed by atoms with E-state index in [1.165, 1.54) is 28.9 Å². The molecule has 0 radical (unpaired) electrons. The molecule has 0 saturated carbocycles. The van der Waals surface area contributed by atoms with Crippen molar-refractivity contribution in [2.24, 2.45) is 0 Å². The first kappa shape index (κ1) is 14.5. The maximum Gasteiger partial charge on any atom is 0.250 e. The molecule has 0 bridgehead atoms. The number of nitrogens with one attached hydrogen (secondary N) is 1. The minimum atomic E-state index is -3.49. The summed E-state index contributed by atoms with van der Waals surface area (Å²) in [6, 6.07) is 7.19. The largest absolute Gasteiger partial charge is 0.444 e. The molecule has 0 unspecified atom stereocenters. The molecule has 0 aromatic carbocycles. The minimum Gasteiger partial charge on any atom is -0.444 e. The molecule has 0 aliphatic heterocycles. The van der Waals surface area contributed by atoms with Gasteiger partial charge in [0, 0.05) is 4.88 Å². The molecule has 0 saturated heterocycles. The van der Waals surface area contributed by atoms with Gasteiger partial charge in [0.25, 0.3) is 0 Å². The van der Waals surface area contributed by atoms with Gasteiger partial charge in [-0.15, -0.1) is 22.7 Å². The van der Waals surface area contributed by atoms with E-state index >= 15 is 0 Å². The molecule has 0 aliphatic rings. The van der Waals surface area contributed by atoms with Crippen molar-refractivity contribution in [3.05, 3.63) is 46.5 Å². The van der Waals surface area contributed by atoms with Gasteiger partial charge >= 0.3 is 0 Å². The van der Waals surface area contributed by atoms with Crippen molar-refractivity contribution in [2.45, 2.75) is 17.7 Å². The number of hydrogen-bond donors (Lipinski definition) is 1. The molecule has 3 heterocycles. The summed E-state index contributed by atoms with van der Waals surface area (Å²) in [7, 11) is -3.49. The molecular weight excluding hydrogens is 328 g/mol. The maximum absolute atomic E-state index is 12.1. The normalized spacial score (nSPS) is 11.9. The second kappa shape index (κ2) is 5.72. The standard InChI is InChI=1S/C13H12N2O3S3/c1-9-4-5-12(20-9)21(16,17)14-7-10-8-18-13(15-10)11-3-2-6-19-11/h2-6,8,14H,7H2,1H3. The Morgan fingerprint density at radius 2 is 2.19 bits per heavy atom. The van der Waals surface area contributed by atoms with E-state index in [-0.39, 0.29) is 6.54 Å². The zero-order valence-electron chi connectivity index (χ0n) is 11.1. The Balaban J connectivity index is 1.71. The summed E-state index contributed by atoms with van der Waals surface area (Å²) in [5.41, 5.74) is 0.551. The Bertz CT molecular complexity index is 832. The van der Waals surface area contributed by atoms with Crippen molar-refractivity contribution in [3.8, 4) is 10.8 Å². The molecule has 5 nitrogen and oxygen atoms in total. The lowest BCUT2D eigenvalue weighted by Crippen LogP contribution is -2.22. The van der Waals surface area contributed by atoms with E-state index < -0.39 is 10.0 Å². The smallest absolute Gasteiger partial charge is 0.250 e. The zero-order valence-corrected chi connectivity index (χ0v) is 13.5. The average molecular weight is 340 g/mol. The number of aromatic nitrogens is 1. The Labute approximate surface area is 130 Å². The molecule has 0 spiro atoms. The first-order chi connectivity index (χ1) is 10.0. The SMILES string of the molecule is Cc1ccc(S(=O)(=O)NCc2coc(-c3cccs3)n2)s1. The minimum absolute atomic E-state index is 0.105. The van der Waals surface area contributed by atoms with Gasteiger partial charge in [-0.2, -0.15) is 0 Å². The van der Waals surface area contributed by atoms with E-state index in [1.807, 2.05) is 24.4 Å². The Morgan fingerprint density at radius 3 is 2.86 bits per heavy atom. The summed E-state index contributed by atoms with van der Waals surface area (Å²) in [4.78, 5) is 6.15. The van der Waals surface area contributed by atoms with E-state index in [0.717, 1.165) is 9.75 Å². The van der Waals surface area contributed by atoms with Crippen LogP contribution in [0, 0.1) is 6.92 Å². The van der Waals surface area contributed by atoms with E-state index in [2.05, 4.69) is 9.71 Å². The van der Waals surface area contributed by atoms with Crippen LogP contribution in [-0.2, 0) is 16.6 Å². The van der Waals surface area contributed by atoms with Crippen LogP contribution in [0.5, 0.6) is 0 Å². The first-order valence-electron chi connectivity index (χ1n) is 6.09. The van der Waals surface area contributed by atoms with Crippen LogP contribution < -0.4 is 4.72 Å². The van der Waals surface area contributed by atoms with Crippen molar-refractivity contribution in [2.75, 3.05) is 0 Å². The summed E-state index contributed by atoms with van der Waals surface area (Å²) in [6.45, 7) is 1.97. The van der Waals surface area contributed by atoms with Crippen LogP contribution in [0.1, 0.15) is 10.6 Å². The Hall–Kier alpha value is -1.48. The highest BCUT2D eigenvalue weighted by Gasteiger charge is 2.17. The Kier molecular flexibility index (Phi) is 3.94. The molecule has 8 heteroatoms. The summed E-state index contributed by atoms with van der Waals surface area (Å²) >= 11 is 2.76. The van der Waals surface area contributed by atoms with Crippen LogP contribution >= 0.6 is 22.7 Å². The van der Waals surface area contributed by atoms with Crippen LogP contribution in [0.4, 0.5) is 0 Å². The fourth-order valence-electron chi connectivity index (χ4n) is 1.70. The Morgan fingerprint density at radius 1 is 1.33 bits per heavy atom. The van der Waals surface area contributed by atoms with Crippen LogP contribution in [0.25, 0.3) is 10.8 Å². The lowest BCUT2D eigenvalue weighted by molar-refractivity contribution is 0.571. The molecule has 110 valence electrons. The van der Waals surface area contributed by atoms with E-state index in [4.69, 9.17) is 4.42 Å². The molecule has 1 N–H and O–H groups in total. The fraction of sp³-hybridized carbons (Fsp3) is 0.154. The molecule has 0 amide bonds. The van der Waals surface area contributed by atoms with Gasteiger partial charge in [0.05, 0.1) is 17.1 Å². The molecule has 0 fully saturated rings. The van der Waals surface area contributed by atoms with Gasteiger partial charge in [-0.05, 0) is 30.5 Å². The fourth-order valence-corrected chi connectivity index (χ4v) is 4.68. The molecule has 3 rings (SSSR count). The number of nitrogens with zero attached hydrogens (tertiary/aromatic N) is 1. The summed E-state index contributed by atoms with van der Waals surface area (Å²) in [6.07, 6.45) is 1.47. The van der Waals surface area contributed by atoms with E-state index in [9.17, 15) is 8.42 Å². The van der Waals surface area contributed by atoms with Crippen LogP contribution in [0.15, 0.2) is 44.5 Å². The predicted molar refractivity (Wildman–Crippen MR) is 82.9 cm³/mol. The number of aryl methyl sites for hydroxylation is 1. The van der Waals surface area contributed by atoms with Crippen molar-refractivity contribution in [1.29, 1.82) is 0 Å². The van der Waals surface area contributed by atoms with Gasteiger partial charge < -0.3 is 4.42 Å². The third-order valence-electron chi connectivity index (χ3n) is 2.71. The third-order valence-corrected chi connectivity index (χ3v) is 6.46. The van der Waals surface area contributed by atoms with Crippen LogP contribution in [-0.4, -0.2) is 13.4 Å². The quantitative estimate of drug-likeness (QED) is 0.774. The molecule has 21 heavy (non-hydrogen) atoms. The molecular formula is C13H12N2O3S3. The number of rotatable bonds is 5. The number of oxazole rings is 1. The van der Waals surface area contributed by atoms with Gasteiger partial charge in [0.2, 0.25) is 15.9 Å². The average Bonchev–Trinajstić information content (AvgIpc) is 3.17. The first-order valence-corrected chi connectivity index (χ1v) is 9.27. The van der Waals surface area contributed by atoms with E-state index in [1.54, 1.807) is 12.1 Å². The highest BCUT2D eigenvalue weighted by atomic mass is 32.2. The predicted octanol–water partition coefficient (Wildman–Crippen LogP) is 3.25. The maximum atomic E-state index is 12.1. The van der Waals surface area contributed by atoms with Gasteiger partial charge in [-0.25, -0.2) is 18.1 Å².